The highest BCUT2D eigenvalue weighted by molar-refractivity contribution is 7.79. The summed E-state index contributed by atoms with van der Waals surface area (Å²) in [6, 6.07) is 12.8. The predicted octanol–water partition coefficient (Wildman–Crippen LogP) is 5.16. The van der Waals surface area contributed by atoms with Gasteiger partial charge in [0.25, 0.3) is 0 Å². The number of hydrogen-bond acceptors (Lipinski definition) is 2. The largest absolute Gasteiger partial charge is 0.294 e. The molecule has 0 saturated carbocycles. The van der Waals surface area contributed by atoms with E-state index in [1.165, 1.54) is 0 Å². The third-order valence-corrected chi connectivity index (χ3v) is 3.65. The van der Waals surface area contributed by atoms with Gasteiger partial charge in [0.15, 0.2) is 5.78 Å². The summed E-state index contributed by atoms with van der Waals surface area (Å²) in [6.45, 7) is 0. The first-order valence-electron chi connectivity index (χ1n) is 6.12. The van der Waals surface area contributed by atoms with E-state index >= 15 is 0 Å². The van der Waals surface area contributed by atoms with Crippen LogP contribution in [0.2, 0.25) is 10.0 Å². The van der Waals surface area contributed by atoms with E-state index in [2.05, 4.69) is 0 Å². The van der Waals surface area contributed by atoms with E-state index in [0.29, 0.717) is 28.5 Å². The molecule has 0 aromatic heterocycles. The van der Waals surface area contributed by atoms with E-state index in [-0.39, 0.29) is 5.78 Å². The van der Waals surface area contributed by atoms with Gasteiger partial charge < -0.3 is 0 Å². The van der Waals surface area contributed by atoms with Crippen LogP contribution < -0.4 is 0 Å². The fourth-order valence-electron chi connectivity index (χ4n) is 1.88. The van der Waals surface area contributed by atoms with Crippen molar-refractivity contribution in [1.82, 2.24) is 0 Å². The molecule has 0 spiro atoms. The van der Waals surface area contributed by atoms with Gasteiger partial charge in [-0.15, -0.1) is 0 Å². The smallest absolute Gasteiger partial charge is 0.163 e. The van der Waals surface area contributed by atoms with E-state index in [1.807, 2.05) is 24.3 Å². The monoisotopic (exact) mass is 322 g/mol. The van der Waals surface area contributed by atoms with Crippen molar-refractivity contribution in [3.63, 3.8) is 0 Å². The van der Waals surface area contributed by atoms with Gasteiger partial charge in [-0.3, -0.25) is 4.79 Å². The molecular weight excluding hydrogens is 311 g/mol. The zero-order valence-electron chi connectivity index (χ0n) is 10.6. The van der Waals surface area contributed by atoms with Gasteiger partial charge in [-0.05, 0) is 35.7 Å². The number of halogens is 2. The zero-order valence-corrected chi connectivity index (χ0v) is 12.9. The van der Waals surface area contributed by atoms with Gasteiger partial charge in [0.05, 0.1) is 0 Å². The maximum absolute atomic E-state index is 12.1. The summed E-state index contributed by atoms with van der Waals surface area (Å²) < 4.78 is 0. The summed E-state index contributed by atoms with van der Waals surface area (Å²) in [6.07, 6.45) is 1.11. The standard InChI is InChI=1S/C16H12Cl2OS/c17-14-7-13(8-15(18)9-14)16(19)6-5-11-1-3-12(10-20)4-2-11/h1-4,7-10H,5-6H2. The highest BCUT2D eigenvalue weighted by atomic mass is 35.5. The van der Waals surface area contributed by atoms with Crippen molar-refractivity contribution in [1.29, 1.82) is 0 Å². The van der Waals surface area contributed by atoms with Crippen LogP contribution >= 0.6 is 35.4 Å². The molecule has 2 aromatic rings. The van der Waals surface area contributed by atoms with Crippen molar-refractivity contribution >= 4 is 46.6 Å². The van der Waals surface area contributed by atoms with E-state index < -0.39 is 0 Å². The molecule has 0 atom stereocenters. The Balaban J connectivity index is 2.02. The van der Waals surface area contributed by atoms with Crippen LogP contribution in [0.25, 0.3) is 0 Å². The molecule has 20 heavy (non-hydrogen) atoms. The quantitative estimate of drug-likeness (QED) is 0.559. The third kappa shape index (κ3) is 4.14. The Labute approximate surface area is 133 Å². The third-order valence-electron chi connectivity index (χ3n) is 2.94. The Hall–Kier alpha value is -1.22. The first kappa shape index (κ1) is 15.2. The Bertz CT molecular complexity index is 615. The molecule has 4 heteroatoms. The van der Waals surface area contributed by atoms with Gasteiger partial charge in [-0.25, -0.2) is 0 Å². The van der Waals surface area contributed by atoms with Crippen LogP contribution in [0.5, 0.6) is 0 Å². The Morgan fingerprint density at radius 2 is 1.65 bits per heavy atom. The lowest BCUT2D eigenvalue weighted by molar-refractivity contribution is 0.0983. The summed E-state index contributed by atoms with van der Waals surface area (Å²) >= 11 is 16.6. The minimum atomic E-state index is 0.0355. The average molecular weight is 323 g/mol. The van der Waals surface area contributed by atoms with Crippen LogP contribution in [0, 0.1) is 0 Å². The molecule has 0 aliphatic carbocycles. The topological polar surface area (TPSA) is 17.1 Å². The summed E-state index contributed by atoms with van der Waals surface area (Å²) in [5.74, 6) is 0.0355. The zero-order chi connectivity index (χ0) is 14.5. The normalized spacial score (nSPS) is 10.3. The van der Waals surface area contributed by atoms with Gasteiger partial charge in [0, 0.05) is 27.4 Å². The van der Waals surface area contributed by atoms with Gasteiger partial charge >= 0.3 is 0 Å². The molecule has 0 unspecified atom stereocenters. The number of rotatable bonds is 5. The molecule has 0 radical (unpaired) electrons. The van der Waals surface area contributed by atoms with Crippen LogP contribution in [-0.2, 0) is 6.42 Å². The predicted molar refractivity (Wildman–Crippen MR) is 88.3 cm³/mol. The minimum Gasteiger partial charge on any atom is -0.294 e. The van der Waals surface area contributed by atoms with Gasteiger partial charge in [-0.1, -0.05) is 59.7 Å². The number of Topliss-reactive ketones (excluding diaryl/α,β-unsaturated/α-hetero) is 1. The molecule has 1 nitrogen and oxygen atoms in total. The van der Waals surface area contributed by atoms with Crippen molar-refractivity contribution in [2.45, 2.75) is 12.8 Å². The molecule has 0 bridgehead atoms. The van der Waals surface area contributed by atoms with Crippen molar-refractivity contribution in [2.75, 3.05) is 0 Å². The van der Waals surface area contributed by atoms with Gasteiger partial charge in [0.1, 0.15) is 0 Å². The average Bonchev–Trinajstić information content (AvgIpc) is 2.44. The van der Waals surface area contributed by atoms with Gasteiger partial charge in [-0.2, -0.15) is 0 Å². The maximum Gasteiger partial charge on any atom is 0.163 e. The summed E-state index contributed by atoms with van der Waals surface area (Å²) in [7, 11) is 0. The van der Waals surface area contributed by atoms with Crippen molar-refractivity contribution in [3.05, 3.63) is 69.2 Å². The van der Waals surface area contributed by atoms with Gasteiger partial charge in [0.2, 0.25) is 0 Å². The van der Waals surface area contributed by atoms with Crippen molar-refractivity contribution < 1.29 is 4.79 Å². The maximum atomic E-state index is 12.1. The lowest BCUT2D eigenvalue weighted by Crippen LogP contribution is -2.01. The summed E-state index contributed by atoms with van der Waals surface area (Å²) in [5.41, 5.74) is 2.65. The molecule has 0 heterocycles. The number of carbonyl (C=O) groups excluding carboxylic acids is 1. The number of benzene rings is 2. The van der Waals surface area contributed by atoms with E-state index in [4.69, 9.17) is 35.4 Å². The molecule has 102 valence electrons. The van der Waals surface area contributed by atoms with E-state index in [1.54, 1.807) is 23.6 Å². The SMILES string of the molecule is O=C(CCc1ccc(C=S)cc1)c1cc(Cl)cc(Cl)c1. The van der Waals surface area contributed by atoms with Crippen LogP contribution in [-0.4, -0.2) is 11.2 Å². The molecule has 0 N–H and O–H groups in total. The Kier molecular flexibility index (Phi) is 5.30. The van der Waals surface area contributed by atoms with Crippen LogP contribution in [0.3, 0.4) is 0 Å². The molecule has 0 amide bonds. The number of ketones is 1. The lowest BCUT2D eigenvalue weighted by atomic mass is 10.0. The van der Waals surface area contributed by atoms with E-state index in [0.717, 1.165) is 11.1 Å². The summed E-state index contributed by atoms with van der Waals surface area (Å²) in [5, 5.41) is 2.58. The second-order valence-electron chi connectivity index (χ2n) is 4.44. The van der Waals surface area contributed by atoms with E-state index in [9.17, 15) is 4.79 Å². The molecule has 0 aliphatic rings. The number of thiocarbonyl (C=S) groups is 1. The van der Waals surface area contributed by atoms with Crippen molar-refractivity contribution in [3.8, 4) is 0 Å². The second kappa shape index (κ2) is 6.98. The van der Waals surface area contributed by atoms with Crippen LogP contribution in [0.15, 0.2) is 42.5 Å². The number of carbonyl (C=O) groups is 1. The number of hydrogen-bond donors (Lipinski definition) is 0. The molecule has 0 saturated heterocycles. The molecular formula is C16H12Cl2OS. The number of aryl methyl sites for hydroxylation is 1. The van der Waals surface area contributed by atoms with Crippen LogP contribution in [0.1, 0.15) is 27.9 Å². The lowest BCUT2D eigenvalue weighted by Gasteiger charge is -2.04. The molecule has 0 aliphatic heterocycles. The Morgan fingerprint density at radius 1 is 1.05 bits per heavy atom. The minimum absolute atomic E-state index is 0.0355. The highest BCUT2D eigenvalue weighted by Gasteiger charge is 2.08. The fourth-order valence-corrected chi connectivity index (χ4v) is 2.56. The highest BCUT2D eigenvalue weighted by Crippen LogP contribution is 2.20. The second-order valence-corrected chi connectivity index (χ2v) is 5.55. The molecule has 2 rings (SSSR count). The summed E-state index contributed by atoms with van der Waals surface area (Å²) in [4.78, 5) is 12.1. The first-order valence-corrected chi connectivity index (χ1v) is 7.34. The fraction of sp³-hybridized carbons (Fsp3) is 0.125. The molecule has 0 fully saturated rings. The van der Waals surface area contributed by atoms with Crippen LogP contribution in [0.4, 0.5) is 0 Å². The first-order chi connectivity index (χ1) is 9.58. The Morgan fingerprint density at radius 3 is 2.20 bits per heavy atom. The van der Waals surface area contributed by atoms with Crippen molar-refractivity contribution in [2.24, 2.45) is 0 Å². The molecule has 2 aromatic carbocycles.